The van der Waals surface area contributed by atoms with Crippen molar-refractivity contribution in [2.45, 2.75) is 24.3 Å². The Bertz CT molecular complexity index is 1050. The summed E-state index contributed by atoms with van der Waals surface area (Å²) in [6.45, 7) is 0. The van der Waals surface area contributed by atoms with Crippen molar-refractivity contribution >= 4 is 51.3 Å². The van der Waals surface area contributed by atoms with Crippen LogP contribution in [0.2, 0.25) is 5.02 Å². The second kappa shape index (κ2) is 5.53. The van der Waals surface area contributed by atoms with Gasteiger partial charge in [-0.15, -0.1) is 11.3 Å². The van der Waals surface area contributed by atoms with E-state index in [1.165, 1.54) is 4.90 Å². The molecule has 2 aliphatic rings. The molecule has 3 heterocycles. The average Bonchev–Trinajstić information content (AvgIpc) is 3.14. The summed E-state index contributed by atoms with van der Waals surface area (Å²) in [7, 11) is 0. The number of hydrogen-bond acceptors (Lipinski definition) is 4. The number of nitrogens with one attached hydrogen (secondary N) is 1. The van der Waals surface area contributed by atoms with Gasteiger partial charge in [-0.05, 0) is 24.3 Å². The van der Waals surface area contributed by atoms with Crippen LogP contribution in [0.15, 0.2) is 48.1 Å². The van der Waals surface area contributed by atoms with Crippen molar-refractivity contribution in [3.05, 3.63) is 58.0 Å². The molecule has 2 fully saturated rings. The number of pyridine rings is 1. The molecule has 3 aromatic rings. The molecule has 0 atom stereocenters. The van der Waals surface area contributed by atoms with E-state index in [2.05, 4.69) is 10.3 Å². The molecule has 26 heavy (non-hydrogen) atoms. The summed E-state index contributed by atoms with van der Waals surface area (Å²) in [5, 5.41) is 7.33. The van der Waals surface area contributed by atoms with Gasteiger partial charge >= 0.3 is 6.03 Å². The number of nitrogens with zero attached hydrogens (tertiary/aromatic N) is 2. The molecule has 2 aromatic heterocycles. The van der Waals surface area contributed by atoms with Gasteiger partial charge in [0.25, 0.3) is 5.91 Å². The fraction of sp³-hybridized carbons (Fsp3) is 0.211. The van der Waals surface area contributed by atoms with Crippen LogP contribution in [0, 0.1) is 0 Å². The van der Waals surface area contributed by atoms with Crippen molar-refractivity contribution in [2.24, 2.45) is 0 Å². The number of halogens is 1. The minimum Gasteiger partial charge on any atom is -0.323 e. The molecule has 1 N–H and O–H groups in total. The maximum absolute atomic E-state index is 13.1. The van der Waals surface area contributed by atoms with E-state index in [1.807, 2.05) is 35.7 Å². The third kappa shape index (κ3) is 2.12. The van der Waals surface area contributed by atoms with Crippen LogP contribution >= 0.6 is 22.9 Å². The summed E-state index contributed by atoms with van der Waals surface area (Å²) < 4.78 is 0. The van der Waals surface area contributed by atoms with Crippen LogP contribution in [0.3, 0.4) is 0 Å². The molecule has 0 radical (unpaired) electrons. The van der Waals surface area contributed by atoms with Gasteiger partial charge in [0, 0.05) is 27.8 Å². The van der Waals surface area contributed by atoms with Gasteiger partial charge in [0.2, 0.25) is 0 Å². The second-order valence-corrected chi connectivity index (χ2v) is 8.13. The number of rotatable bonds is 2. The summed E-state index contributed by atoms with van der Waals surface area (Å²) in [6.07, 6.45) is 4.45. The number of thiophene rings is 1. The number of carbonyl (C=O) groups is 2. The zero-order valence-electron chi connectivity index (χ0n) is 13.6. The minimum absolute atomic E-state index is 0.204. The molecule has 7 heteroatoms. The van der Waals surface area contributed by atoms with Crippen molar-refractivity contribution < 1.29 is 9.59 Å². The Morgan fingerprint density at radius 3 is 2.77 bits per heavy atom. The number of aromatic nitrogens is 1. The van der Waals surface area contributed by atoms with Crippen LogP contribution in [-0.2, 0) is 4.79 Å². The van der Waals surface area contributed by atoms with Crippen molar-refractivity contribution in [2.75, 3.05) is 4.90 Å². The van der Waals surface area contributed by atoms with Crippen LogP contribution < -0.4 is 10.2 Å². The molecule has 0 unspecified atom stereocenters. The van der Waals surface area contributed by atoms with Gasteiger partial charge in [0.05, 0.1) is 16.9 Å². The highest BCUT2D eigenvalue weighted by molar-refractivity contribution is 7.10. The monoisotopic (exact) mass is 383 g/mol. The fourth-order valence-electron chi connectivity index (χ4n) is 3.96. The van der Waals surface area contributed by atoms with Crippen molar-refractivity contribution in [3.8, 4) is 0 Å². The van der Waals surface area contributed by atoms with Crippen LogP contribution in [0.1, 0.15) is 23.6 Å². The summed E-state index contributed by atoms with van der Waals surface area (Å²) >= 11 is 7.81. The zero-order chi connectivity index (χ0) is 17.9. The maximum atomic E-state index is 13.1. The van der Waals surface area contributed by atoms with E-state index >= 15 is 0 Å². The molecule has 3 amide bonds. The lowest BCUT2D eigenvalue weighted by Gasteiger charge is -2.42. The van der Waals surface area contributed by atoms with Crippen molar-refractivity contribution in [3.63, 3.8) is 0 Å². The van der Waals surface area contributed by atoms with Gasteiger partial charge < -0.3 is 5.32 Å². The van der Waals surface area contributed by atoms with Gasteiger partial charge in [-0.3, -0.25) is 9.78 Å². The summed E-state index contributed by atoms with van der Waals surface area (Å²) in [4.78, 5) is 32.3. The lowest BCUT2D eigenvalue weighted by atomic mass is 9.67. The smallest absolute Gasteiger partial charge is 0.323 e. The van der Waals surface area contributed by atoms with Gasteiger partial charge in [-0.25, -0.2) is 9.69 Å². The third-order valence-corrected chi connectivity index (χ3v) is 6.78. The number of benzene rings is 1. The fourth-order valence-corrected chi connectivity index (χ4v) is 5.27. The van der Waals surface area contributed by atoms with Crippen LogP contribution in [-0.4, -0.2) is 22.5 Å². The van der Waals surface area contributed by atoms with Crippen molar-refractivity contribution in [1.29, 1.82) is 0 Å². The quantitative estimate of drug-likeness (QED) is 0.670. The highest BCUT2D eigenvalue weighted by Gasteiger charge is 2.59. The predicted molar refractivity (Wildman–Crippen MR) is 102 cm³/mol. The summed E-state index contributed by atoms with van der Waals surface area (Å²) in [5.74, 6) is 0.00178. The number of hydrogen-bond donors (Lipinski definition) is 1. The number of anilines is 1. The third-order valence-electron chi connectivity index (χ3n) is 5.26. The first-order valence-electron chi connectivity index (χ1n) is 8.31. The molecular weight excluding hydrogens is 370 g/mol. The van der Waals surface area contributed by atoms with E-state index in [0.29, 0.717) is 18.5 Å². The van der Waals surface area contributed by atoms with E-state index in [-0.39, 0.29) is 17.9 Å². The topological polar surface area (TPSA) is 62.3 Å². The first-order valence-corrected chi connectivity index (χ1v) is 9.57. The summed E-state index contributed by atoms with van der Waals surface area (Å²) in [5.41, 5.74) is -0.300. The first kappa shape index (κ1) is 15.8. The molecule has 130 valence electrons. The van der Waals surface area contributed by atoms with E-state index in [4.69, 9.17) is 11.6 Å². The lowest BCUT2D eigenvalue weighted by Crippen LogP contribution is -2.56. The molecule has 0 bridgehead atoms. The van der Waals surface area contributed by atoms with Crippen LogP contribution in [0.5, 0.6) is 0 Å². The average molecular weight is 384 g/mol. The number of fused-ring (bicyclic) bond motifs is 1. The van der Waals surface area contributed by atoms with Gasteiger partial charge in [0.1, 0.15) is 5.54 Å². The highest BCUT2D eigenvalue weighted by atomic mass is 35.5. The Balaban J connectivity index is 1.49. The molecule has 5 nitrogen and oxygen atoms in total. The van der Waals surface area contributed by atoms with Gasteiger partial charge in [-0.1, -0.05) is 35.9 Å². The zero-order valence-corrected chi connectivity index (χ0v) is 15.2. The van der Waals surface area contributed by atoms with Gasteiger partial charge in [0.15, 0.2) is 0 Å². The Morgan fingerprint density at radius 2 is 2.00 bits per heavy atom. The van der Waals surface area contributed by atoms with Gasteiger partial charge in [-0.2, -0.15) is 0 Å². The normalized spacial score (nSPS) is 25.0. The van der Waals surface area contributed by atoms with Crippen molar-refractivity contribution in [1.82, 2.24) is 10.3 Å². The number of carbonyl (C=O) groups excluding carboxylic acids is 2. The Labute approximate surface area is 158 Å². The molecule has 5 rings (SSSR count). The molecule has 1 aromatic carbocycles. The van der Waals surface area contributed by atoms with E-state index in [1.54, 1.807) is 23.7 Å². The Kier molecular flexibility index (Phi) is 3.36. The van der Waals surface area contributed by atoms with Crippen LogP contribution in [0.25, 0.3) is 10.8 Å². The molecule has 1 aliphatic heterocycles. The Hall–Kier alpha value is -2.44. The minimum atomic E-state index is -0.827. The largest absolute Gasteiger partial charge is 0.329 e. The number of amides is 3. The number of imide groups is 1. The molecule has 1 saturated carbocycles. The molecule has 1 aliphatic carbocycles. The van der Waals surface area contributed by atoms with E-state index in [0.717, 1.165) is 20.7 Å². The first-order chi connectivity index (χ1) is 12.6. The maximum Gasteiger partial charge on any atom is 0.329 e. The SMILES string of the molecule is O=C1NC2(CC(c3sccc3Cl)C2)C(=O)N1c1cncc2ccccc12. The lowest BCUT2D eigenvalue weighted by molar-refractivity contribution is -0.125. The molecular formula is C19H14ClN3O2S. The summed E-state index contributed by atoms with van der Waals surface area (Å²) in [6, 6.07) is 9.09. The molecule has 1 saturated heterocycles. The Morgan fingerprint density at radius 1 is 1.19 bits per heavy atom. The molecule has 1 spiro atoms. The second-order valence-electron chi connectivity index (χ2n) is 6.77. The highest BCUT2D eigenvalue weighted by Crippen LogP contribution is 2.51. The van der Waals surface area contributed by atoms with Crippen LogP contribution in [0.4, 0.5) is 10.5 Å². The predicted octanol–water partition coefficient (Wildman–Crippen LogP) is 4.32. The van der Waals surface area contributed by atoms with E-state index in [9.17, 15) is 9.59 Å². The number of urea groups is 1. The standard InChI is InChI=1S/C19H14ClN3O2S/c20-14-5-6-26-16(14)12-7-19(8-12)17(24)23(18(25)22-19)15-10-21-9-11-3-1-2-4-13(11)15/h1-6,9-10,12H,7-8H2,(H,22,25). The van der Waals surface area contributed by atoms with E-state index < -0.39 is 5.54 Å².